The van der Waals surface area contributed by atoms with Crippen molar-refractivity contribution in [2.45, 2.75) is 37.5 Å². The topological polar surface area (TPSA) is 72.8 Å². The van der Waals surface area contributed by atoms with Gasteiger partial charge in [0.25, 0.3) is 0 Å². The molecule has 2 saturated heterocycles. The van der Waals surface area contributed by atoms with Gasteiger partial charge in [-0.25, -0.2) is 0 Å². The molecule has 1 aliphatic carbocycles. The van der Waals surface area contributed by atoms with Gasteiger partial charge in [0, 0.05) is 25.6 Å². The number of hydrogen-bond donors (Lipinski definition) is 3. The summed E-state index contributed by atoms with van der Waals surface area (Å²) in [5.41, 5.74) is 0. The maximum atomic E-state index is 12.2. The lowest BCUT2D eigenvalue weighted by atomic mass is 10.00. The van der Waals surface area contributed by atoms with Crippen molar-refractivity contribution in [3.63, 3.8) is 0 Å². The molecule has 0 aromatic carbocycles. The molecule has 5 atom stereocenters. The zero-order chi connectivity index (χ0) is 12.0. The van der Waals surface area contributed by atoms with Gasteiger partial charge in [-0.3, -0.25) is 4.79 Å². The first-order chi connectivity index (χ1) is 8.15. The predicted octanol–water partition coefficient (Wildman–Crippen LogP) is -1.06. The Bertz CT molecular complexity index is 323. The lowest BCUT2D eigenvalue weighted by Gasteiger charge is -2.22. The van der Waals surface area contributed by atoms with Crippen LogP contribution in [-0.2, 0) is 4.79 Å². The fourth-order valence-corrected chi connectivity index (χ4v) is 3.54. The van der Waals surface area contributed by atoms with Crippen molar-refractivity contribution in [2.75, 3.05) is 19.6 Å². The Morgan fingerprint density at radius 3 is 2.71 bits per heavy atom. The largest absolute Gasteiger partial charge is 0.393 e. The zero-order valence-electron chi connectivity index (χ0n) is 9.88. The highest BCUT2D eigenvalue weighted by Crippen LogP contribution is 2.38. The van der Waals surface area contributed by atoms with E-state index < -0.39 is 6.10 Å². The highest BCUT2D eigenvalue weighted by Gasteiger charge is 2.44. The summed E-state index contributed by atoms with van der Waals surface area (Å²) in [5.74, 6) is 0.869. The van der Waals surface area contributed by atoms with Crippen molar-refractivity contribution >= 4 is 5.91 Å². The van der Waals surface area contributed by atoms with Crippen LogP contribution in [0.15, 0.2) is 0 Å². The third-order valence-electron chi connectivity index (χ3n) is 4.54. The Hall–Kier alpha value is -0.650. The first-order valence-electron chi connectivity index (χ1n) is 6.53. The molecule has 1 saturated carbocycles. The van der Waals surface area contributed by atoms with Crippen molar-refractivity contribution < 1.29 is 15.0 Å². The third kappa shape index (κ3) is 1.96. The Balaban J connectivity index is 1.61. The molecule has 5 heteroatoms. The molecule has 2 heterocycles. The van der Waals surface area contributed by atoms with Crippen molar-refractivity contribution in [1.29, 1.82) is 0 Å². The molecule has 1 amide bonds. The summed E-state index contributed by atoms with van der Waals surface area (Å²) in [7, 11) is 0. The molecule has 96 valence electrons. The van der Waals surface area contributed by atoms with E-state index in [1.807, 2.05) is 4.90 Å². The summed E-state index contributed by atoms with van der Waals surface area (Å²) in [5, 5.41) is 22.3. The molecule has 0 aromatic heterocycles. The summed E-state index contributed by atoms with van der Waals surface area (Å²) < 4.78 is 0. The fraction of sp³-hybridized carbons (Fsp3) is 0.917. The number of hydrogen-bond acceptors (Lipinski definition) is 4. The van der Waals surface area contributed by atoms with E-state index in [2.05, 4.69) is 5.32 Å². The number of nitrogens with zero attached hydrogens (tertiary/aromatic N) is 1. The molecular formula is C12H20N2O3. The first kappa shape index (κ1) is 11.4. The summed E-state index contributed by atoms with van der Waals surface area (Å²) in [4.78, 5) is 14.1. The molecule has 0 bridgehead atoms. The minimum Gasteiger partial charge on any atom is -0.393 e. The van der Waals surface area contributed by atoms with Crippen LogP contribution in [0.4, 0.5) is 0 Å². The quantitative estimate of drug-likeness (QED) is 0.546. The molecule has 3 aliphatic rings. The number of fused-ring (bicyclic) bond motifs is 1. The standard InChI is InChI=1S/C12H20N2O3/c15-8-3-10(13-4-8)12(17)14-5-7-1-2-11(16)9(7)6-14/h7-11,13,15-16H,1-6H2. The first-order valence-corrected chi connectivity index (χ1v) is 6.53. The van der Waals surface area contributed by atoms with Crippen LogP contribution in [0.1, 0.15) is 19.3 Å². The average molecular weight is 240 g/mol. The van der Waals surface area contributed by atoms with Gasteiger partial charge in [-0.05, 0) is 25.2 Å². The molecular weight excluding hydrogens is 220 g/mol. The highest BCUT2D eigenvalue weighted by atomic mass is 16.3. The average Bonchev–Trinajstić information content (AvgIpc) is 2.96. The van der Waals surface area contributed by atoms with Crippen LogP contribution in [0.25, 0.3) is 0 Å². The summed E-state index contributed by atoms with van der Waals surface area (Å²) in [6, 6.07) is -0.221. The Morgan fingerprint density at radius 1 is 1.24 bits per heavy atom. The Kier molecular flexibility index (Phi) is 2.84. The molecule has 5 nitrogen and oxygen atoms in total. The second-order valence-corrected chi connectivity index (χ2v) is 5.66. The minimum absolute atomic E-state index is 0.100. The molecule has 0 radical (unpaired) electrons. The van der Waals surface area contributed by atoms with Crippen molar-refractivity contribution in [1.82, 2.24) is 10.2 Å². The van der Waals surface area contributed by atoms with E-state index in [0.717, 1.165) is 19.4 Å². The van der Waals surface area contributed by atoms with Gasteiger partial charge >= 0.3 is 0 Å². The lowest BCUT2D eigenvalue weighted by molar-refractivity contribution is -0.132. The van der Waals surface area contributed by atoms with E-state index in [1.54, 1.807) is 0 Å². The number of amides is 1. The third-order valence-corrected chi connectivity index (χ3v) is 4.54. The van der Waals surface area contributed by atoms with Gasteiger partial charge in [-0.1, -0.05) is 0 Å². The van der Waals surface area contributed by atoms with Crippen LogP contribution in [0.5, 0.6) is 0 Å². The van der Waals surface area contributed by atoms with Crippen LogP contribution in [0.3, 0.4) is 0 Å². The normalized spacial score (nSPS) is 45.3. The van der Waals surface area contributed by atoms with E-state index in [9.17, 15) is 15.0 Å². The molecule has 3 fully saturated rings. The maximum Gasteiger partial charge on any atom is 0.239 e. The smallest absolute Gasteiger partial charge is 0.239 e. The van der Waals surface area contributed by atoms with Crippen LogP contribution in [-0.4, -0.2) is 58.9 Å². The Labute approximate surface area is 101 Å². The maximum absolute atomic E-state index is 12.2. The summed E-state index contributed by atoms with van der Waals surface area (Å²) >= 11 is 0. The number of carbonyl (C=O) groups is 1. The van der Waals surface area contributed by atoms with E-state index in [4.69, 9.17) is 0 Å². The van der Waals surface area contributed by atoms with E-state index in [0.29, 0.717) is 25.4 Å². The van der Waals surface area contributed by atoms with Crippen LogP contribution in [0, 0.1) is 11.8 Å². The number of likely N-dealkylation sites (tertiary alicyclic amines) is 1. The number of β-amino-alcohol motifs (C(OH)–C–C–N with tert-alkyl or cyclic N) is 1. The second kappa shape index (κ2) is 4.23. The molecule has 0 spiro atoms. The van der Waals surface area contributed by atoms with E-state index in [1.165, 1.54) is 0 Å². The minimum atomic E-state index is -0.392. The van der Waals surface area contributed by atoms with Gasteiger partial charge in [-0.15, -0.1) is 0 Å². The van der Waals surface area contributed by atoms with Gasteiger partial charge in [0.05, 0.1) is 18.2 Å². The van der Waals surface area contributed by atoms with Crippen LogP contribution < -0.4 is 5.32 Å². The highest BCUT2D eigenvalue weighted by molar-refractivity contribution is 5.82. The number of aliphatic hydroxyl groups excluding tert-OH is 2. The second-order valence-electron chi connectivity index (χ2n) is 5.66. The Morgan fingerprint density at radius 2 is 2.06 bits per heavy atom. The molecule has 3 N–H and O–H groups in total. The summed E-state index contributed by atoms with van der Waals surface area (Å²) in [6.45, 7) is 1.99. The van der Waals surface area contributed by atoms with Gasteiger partial charge in [0.15, 0.2) is 0 Å². The molecule has 0 aromatic rings. The molecule has 17 heavy (non-hydrogen) atoms. The number of aliphatic hydroxyl groups is 2. The van der Waals surface area contributed by atoms with Crippen molar-refractivity contribution in [3.05, 3.63) is 0 Å². The fourth-order valence-electron chi connectivity index (χ4n) is 3.54. The van der Waals surface area contributed by atoms with Crippen LogP contribution in [0.2, 0.25) is 0 Å². The summed E-state index contributed by atoms with van der Waals surface area (Å²) in [6.07, 6.45) is 1.83. The predicted molar refractivity (Wildman–Crippen MR) is 61.2 cm³/mol. The number of carbonyl (C=O) groups excluding carboxylic acids is 1. The van der Waals surface area contributed by atoms with Gasteiger partial charge < -0.3 is 20.4 Å². The van der Waals surface area contributed by atoms with Gasteiger partial charge in [-0.2, -0.15) is 0 Å². The SMILES string of the molecule is O=C(C1CC(O)CN1)N1CC2CCC(O)C2C1. The lowest BCUT2D eigenvalue weighted by Crippen LogP contribution is -2.43. The van der Waals surface area contributed by atoms with Crippen LogP contribution >= 0.6 is 0 Å². The number of nitrogens with one attached hydrogen (secondary N) is 1. The van der Waals surface area contributed by atoms with Crippen molar-refractivity contribution in [2.24, 2.45) is 11.8 Å². The molecule has 2 aliphatic heterocycles. The zero-order valence-corrected chi connectivity index (χ0v) is 9.88. The van der Waals surface area contributed by atoms with Crippen molar-refractivity contribution in [3.8, 4) is 0 Å². The monoisotopic (exact) mass is 240 g/mol. The van der Waals surface area contributed by atoms with E-state index in [-0.39, 0.29) is 24.0 Å². The molecule has 5 unspecified atom stereocenters. The number of rotatable bonds is 1. The van der Waals surface area contributed by atoms with E-state index >= 15 is 0 Å². The van der Waals surface area contributed by atoms with Gasteiger partial charge in [0.2, 0.25) is 5.91 Å². The van der Waals surface area contributed by atoms with Gasteiger partial charge in [0.1, 0.15) is 0 Å². The molecule has 3 rings (SSSR count).